The van der Waals surface area contributed by atoms with Crippen LogP contribution in [0.15, 0.2) is 0 Å². The molecule has 0 aliphatic heterocycles. The van der Waals surface area contributed by atoms with Crippen molar-refractivity contribution in [2.24, 2.45) is 5.41 Å². The van der Waals surface area contributed by atoms with Gasteiger partial charge in [-0.25, -0.2) is 0 Å². The molecule has 5 nitrogen and oxygen atoms in total. The lowest BCUT2D eigenvalue weighted by atomic mass is 9.97. The molecule has 5 heteroatoms. The minimum atomic E-state index is -0.504. The zero-order chi connectivity index (χ0) is 11.9. The Morgan fingerprint density at radius 3 is 2.13 bits per heavy atom. The Bertz CT molecular complexity index is 216. The molecule has 0 radical (unpaired) electrons. The van der Waals surface area contributed by atoms with Gasteiger partial charge in [-0.2, -0.15) is 0 Å². The SMILES string of the molecule is CC(=O)OCOCCOC(=O)C(C)(C)C. The van der Waals surface area contributed by atoms with Gasteiger partial charge in [0.2, 0.25) is 0 Å². The summed E-state index contributed by atoms with van der Waals surface area (Å²) in [6.07, 6.45) is 0. The summed E-state index contributed by atoms with van der Waals surface area (Å²) in [5.41, 5.74) is -0.504. The first kappa shape index (κ1) is 13.9. The van der Waals surface area contributed by atoms with E-state index in [4.69, 9.17) is 9.47 Å². The van der Waals surface area contributed by atoms with Gasteiger partial charge in [-0.3, -0.25) is 9.59 Å². The van der Waals surface area contributed by atoms with Gasteiger partial charge in [0, 0.05) is 6.92 Å². The van der Waals surface area contributed by atoms with Crippen molar-refractivity contribution in [3.05, 3.63) is 0 Å². The van der Waals surface area contributed by atoms with Gasteiger partial charge in [0.1, 0.15) is 6.61 Å². The molecule has 0 heterocycles. The van der Waals surface area contributed by atoms with Crippen LogP contribution in [0.25, 0.3) is 0 Å². The predicted molar refractivity (Wildman–Crippen MR) is 53.0 cm³/mol. The summed E-state index contributed by atoms with van der Waals surface area (Å²) in [5.74, 6) is -0.680. The first-order chi connectivity index (χ1) is 6.84. The van der Waals surface area contributed by atoms with Gasteiger partial charge < -0.3 is 14.2 Å². The van der Waals surface area contributed by atoms with Crippen molar-refractivity contribution in [2.45, 2.75) is 27.7 Å². The van der Waals surface area contributed by atoms with E-state index in [9.17, 15) is 9.59 Å². The zero-order valence-electron chi connectivity index (χ0n) is 9.66. The number of esters is 2. The van der Waals surface area contributed by atoms with Crippen LogP contribution < -0.4 is 0 Å². The lowest BCUT2D eigenvalue weighted by molar-refractivity contribution is -0.161. The maximum Gasteiger partial charge on any atom is 0.311 e. The molecule has 0 amide bonds. The summed E-state index contributed by atoms with van der Waals surface area (Å²) in [5, 5.41) is 0. The molecular weight excluding hydrogens is 200 g/mol. The second kappa shape index (κ2) is 6.40. The van der Waals surface area contributed by atoms with E-state index in [-0.39, 0.29) is 26.0 Å². The number of rotatable bonds is 5. The number of carbonyl (C=O) groups excluding carboxylic acids is 2. The molecule has 0 atom stereocenters. The van der Waals surface area contributed by atoms with Gasteiger partial charge in [-0.1, -0.05) is 0 Å². The third kappa shape index (κ3) is 7.93. The van der Waals surface area contributed by atoms with Crippen molar-refractivity contribution < 1.29 is 23.8 Å². The standard InChI is InChI=1S/C10H18O5/c1-8(11)15-7-13-5-6-14-9(12)10(2,3)4/h5-7H2,1-4H3. The highest BCUT2D eigenvalue weighted by molar-refractivity contribution is 5.75. The molecule has 0 aliphatic rings. The summed E-state index contributed by atoms with van der Waals surface area (Å²) in [6, 6.07) is 0. The van der Waals surface area contributed by atoms with Gasteiger partial charge >= 0.3 is 11.9 Å². The van der Waals surface area contributed by atoms with Crippen LogP contribution in [0.4, 0.5) is 0 Å². The Kier molecular flexibility index (Phi) is 5.93. The fourth-order valence-corrected chi connectivity index (χ4v) is 0.593. The van der Waals surface area contributed by atoms with Crippen LogP contribution in [0.2, 0.25) is 0 Å². The summed E-state index contributed by atoms with van der Waals surface area (Å²) < 4.78 is 14.3. The third-order valence-electron chi connectivity index (χ3n) is 1.42. The van der Waals surface area contributed by atoms with Crippen molar-refractivity contribution >= 4 is 11.9 Å². The topological polar surface area (TPSA) is 61.8 Å². The molecule has 0 saturated carbocycles. The van der Waals surface area contributed by atoms with Gasteiger partial charge in [-0.15, -0.1) is 0 Å². The molecule has 88 valence electrons. The van der Waals surface area contributed by atoms with E-state index in [1.807, 2.05) is 0 Å². The normalized spacial score (nSPS) is 10.9. The van der Waals surface area contributed by atoms with Crippen LogP contribution in [0, 0.1) is 5.41 Å². The van der Waals surface area contributed by atoms with E-state index in [1.54, 1.807) is 20.8 Å². The first-order valence-electron chi connectivity index (χ1n) is 4.72. The van der Waals surface area contributed by atoms with Crippen molar-refractivity contribution in [1.82, 2.24) is 0 Å². The minimum Gasteiger partial charge on any atom is -0.463 e. The Morgan fingerprint density at radius 1 is 1.07 bits per heavy atom. The smallest absolute Gasteiger partial charge is 0.311 e. The van der Waals surface area contributed by atoms with E-state index in [1.165, 1.54) is 6.92 Å². The van der Waals surface area contributed by atoms with Gasteiger partial charge in [0.05, 0.1) is 12.0 Å². The van der Waals surface area contributed by atoms with Crippen LogP contribution in [-0.2, 0) is 23.8 Å². The molecule has 0 bridgehead atoms. The minimum absolute atomic E-state index is 0.109. The van der Waals surface area contributed by atoms with Gasteiger partial charge in [0.15, 0.2) is 6.79 Å². The Labute approximate surface area is 89.7 Å². The largest absolute Gasteiger partial charge is 0.463 e. The van der Waals surface area contributed by atoms with Gasteiger partial charge in [0.25, 0.3) is 0 Å². The fraction of sp³-hybridized carbons (Fsp3) is 0.800. The quantitative estimate of drug-likeness (QED) is 0.393. The summed E-state index contributed by atoms with van der Waals surface area (Å²) in [7, 11) is 0. The van der Waals surface area contributed by atoms with Crippen LogP contribution in [-0.4, -0.2) is 31.9 Å². The third-order valence-corrected chi connectivity index (χ3v) is 1.42. The monoisotopic (exact) mass is 218 g/mol. The number of hydrogen-bond donors (Lipinski definition) is 0. The van der Waals surface area contributed by atoms with E-state index >= 15 is 0 Å². The highest BCUT2D eigenvalue weighted by Crippen LogP contribution is 2.14. The second-order valence-electron chi connectivity index (χ2n) is 4.05. The molecule has 0 aliphatic carbocycles. The number of ether oxygens (including phenoxy) is 3. The Hall–Kier alpha value is -1.10. The highest BCUT2D eigenvalue weighted by atomic mass is 16.7. The second-order valence-corrected chi connectivity index (χ2v) is 4.05. The molecular formula is C10H18O5. The summed E-state index contributed by atoms with van der Waals surface area (Å²) in [6.45, 7) is 6.89. The van der Waals surface area contributed by atoms with E-state index in [2.05, 4.69) is 4.74 Å². The Balaban J connectivity index is 3.40. The Morgan fingerprint density at radius 2 is 1.67 bits per heavy atom. The van der Waals surface area contributed by atoms with E-state index in [0.29, 0.717) is 0 Å². The van der Waals surface area contributed by atoms with Crippen LogP contribution in [0.5, 0.6) is 0 Å². The maximum absolute atomic E-state index is 11.2. The number of carbonyl (C=O) groups is 2. The van der Waals surface area contributed by atoms with Crippen molar-refractivity contribution in [2.75, 3.05) is 20.0 Å². The molecule has 0 rings (SSSR count). The summed E-state index contributed by atoms with van der Waals surface area (Å²) >= 11 is 0. The van der Waals surface area contributed by atoms with E-state index < -0.39 is 11.4 Å². The van der Waals surface area contributed by atoms with Gasteiger partial charge in [-0.05, 0) is 20.8 Å². The molecule has 0 unspecified atom stereocenters. The number of hydrogen-bond acceptors (Lipinski definition) is 5. The predicted octanol–water partition coefficient (Wildman–Crippen LogP) is 1.11. The van der Waals surface area contributed by atoms with Crippen LogP contribution >= 0.6 is 0 Å². The molecule has 15 heavy (non-hydrogen) atoms. The van der Waals surface area contributed by atoms with Crippen molar-refractivity contribution in [1.29, 1.82) is 0 Å². The average molecular weight is 218 g/mol. The fourth-order valence-electron chi connectivity index (χ4n) is 0.593. The molecule has 0 saturated heterocycles. The molecule has 0 aromatic heterocycles. The van der Waals surface area contributed by atoms with E-state index in [0.717, 1.165) is 0 Å². The van der Waals surface area contributed by atoms with Crippen molar-refractivity contribution in [3.8, 4) is 0 Å². The molecule has 0 spiro atoms. The summed E-state index contributed by atoms with van der Waals surface area (Å²) in [4.78, 5) is 21.6. The maximum atomic E-state index is 11.2. The highest BCUT2D eigenvalue weighted by Gasteiger charge is 2.22. The molecule has 0 fully saturated rings. The first-order valence-corrected chi connectivity index (χ1v) is 4.72. The zero-order valence-corrected chi connectivity index (χ0v) is 9.66. The molecule has 0 N–H and O–H groups in total. The van der Waals surface area contributed by atoms with Crippen LogP contribution in [0.1, 0.15) is 27.7 Å². The van der Waals surface area contributed by atoms with Crippen LogP contribution in [0.3, 0.4) is 0 Å². The van der Waals surface area contributed by atoms with Crippen molar-refractivity contribution in [3.63, 3.8) is 0 Å². The lowest BCUT2D eigenvalue weighted by Crippen LogP contribution is -2.24. The lowest BCUT2D eigenvalue weighted by Gasteiger charge is -2.16. The average Bonchev–Trinajstić information content (AvgIpc) is 2.08. The molecule has 0 aromatic carbocycles. The molecule has 0 aromatic rings.